The highest BCUT2D eigenvalue weighted by Gasteiger charge is 2.49. The van der Waals surface area contributed by atoms with Crippen LogP contribution in [0.3, 0.4) is 0 Å². The molecule has 4 rings (SSSR count). The summed E-state index contributed by atoms with van der Waals surface area (Å²) in [5, 5.41) is 78.7. The number of aliphatic hydroxyl groups excluding tert-OH is 6. The Hall–Kier alpha value is -4.40. The van der Waals surface area contributed by atoms with Crippen molar-refractivity contribution < 1.29 is 88.5 Å². The third-order valence-corrected chi connectivity index (χ3v) is 8.35. The maximum absolute atomic E-state index is 12.6. The van der Waals surface area contributed by atoms with E-state index in [1.54, 1.807) is 12.1 Å². The van der Waals surface area contributed by atoms with Crippen molar-refractivity contribution in [3.63, 3.8) is 0 Å². The molecular formula is C33H40O18. The summed E-state index contributed by atoms with van der Waals surface area (Å²) in [6.07, 6.45) is -17.8. The number of carboxylic acids is 2. The topological polar surface area (TPSA) is 285 Å². The predicted molar refractivity (Wildman–Crippen MR) is 167 cm³/mol. The maximum atomic E-state index is 12.6. The molecule has 2 aromatic carbocycles. The second-order valence-corrected chi connectivity index (χ2v) is 11.9. The number of carbonyl (C=O) groups excluding carboxylic acids is 2. The number of methoxy groups -OCH3 is 2. The third kappa shape index (κ3) is 9.48. The van der Waals surface area contributed by atoms with Gasteiger partial charge in [-0.1, -0.05) is 12.1 Å². The van der Waals surface area contributed by atoms with E-state index in [1.807, 2.05) is 0 Å². The van der Waals surface area contributed by atoms with E-state index in [0.29, 0.717) is 11.1 Å². The van der Waals surface area contributed by atoms with Crippen LogP contribution >= 0.6 is 0 Å². The zero-order chi connectivity index (χ0) is 37.6. The van der Waals surface area contributed by atoms with Crippen LogP contribution in [0.4, 0.5) is 0 Å². The lowest BCUT2D eigenvalue weighted by molar-refractivity contribution is -0.271. The van der Waals surface area contributed by atoms with Crippen molar-refractivity contribution in [1.82, 2.24) is 0 Å². The number of aliphatic hydroxyl groups is 6. The van der Waals surface area contributed by atoms with E-state index in [1.165, 1.54) is 38.5 Å². The lowest BCUT2D eigenvalue weighted by Crippen LogP contribution is -2.61. The number of ether oxygens (including phenoxy) is 6. The fourth-order valence-corrected chi connectivity index (χ4v) is 5.44. The van der Waals surface area contributed by atoms with Crippen LogP contribution in [0.25, 0.3) is 0 Å². The van der Waals surface area contributed by atoms with Crippen molar-refractivity contribution in [2.75, 3.05) is 14.2 Å². The molecule has 18 heteroatoms. The Morgan fingerprint density at radius 1 is 0.569 bits per heavy atom. The molecule has 2 aliphatic rings. The number of carbonyl (C=O) groups is 4. The van der Waals surface area contributed by atoms with E-state index in [4.69, 9.17) is 28.4 Å². The van der Waals surface area contributed by atoms with Gasteiger partial charge in [0.1, 0.15) is 48.2 Å². The monoisotopic (exact) mass is 724 g/mol. The van der Waals surface area contributed by atoms with Gasteiger partial charge in [-0.15, -0.1) is 0 Å². The molecule has 18 nitrogen and oxygen atoms in total. The molecule has 2 saturated heterocycles. The molecule has 2 fully saturated rings. The van der Waals surface area contributed by atoms with Crippen LogP contribution in [0.15, 0.2) is 36.4 Å². The summed E-state index contributed by atoms with van der Waals surface area (Å²) < 4.78 is 32.0. The summed E-state index contributed by atoms with van der Waals surface area (Å²) in [5.41, 5.74) is 1.27. The molecule has 0 aliphatic carbocycles. The molecule has 2 heterocycles. The minimum atomic E-state index is -1.88. The van der Waals surface area contributed by atoms with E-state index in [-0.39, 0.29) is 66.7 Å². The van der Waals surface area contributed by atoms with Crippen molar-refractivity contribution in [1.29, 1.82) is 0 Å². The molecule has 0 amide bonds. The fourth-order valence-electron chi connectivity index (χ4n) is 5.44. The first-order chi connectivity index (χ1) is 24.1. The molecule has 2 aliphatic heterocycles. The van der Waals surface area contributed by atoms with Crippen LogP contribution in [0.2, 0.25) is 0 Å². The zero-order valence-corrected chi connectivity index (χ0v) is 27.4. The largest absolute Gasteiger partial charge is 0.493 e. The Balaban J connectivity index is 1.27. The summed E-state index contributed by atoms with van der Waals surface area (Å²) in [6.45, 7) is 0. The Morgan fingerprint density at radius 3 is 1.27 bits per heavy atom. The minimum absolute atomic E-state index is 0.0212. The van der Waals surface area contributed by atoms with Gasteiger partial charge >= 0.3 is 11.9 Å². The molecule has 10 atom stereocenters. The van der Waals surface area contributed by atoms with E-state index in [0.717, 1.165) is 0 Å². The standard InChI is InChI=1S/C33H40O18/c1-46-20-11-14(5-9-18(20)48-32-26(40)22(36)24(38)28(50-32)30(42)43)3-7-16(34)13-17(35)8-4-15-6-10-19(21(12-15)47-2)49-33-27(41)23(37)25(39)29(51-33)31(44)45/h5-6,9-12,22-29,32-33,36-41H,3-4,7-8,13H2,1-2H3,(H,42,43)(H,44,45)/t22-,23+,24-,25+,26+,27-,28-,29+,32-,33+. The number of aliphatic carboxylic acids is 2. The first-order valence-electron chi connectivity index (χ1n) is 15.7. The number of aryl methyl sites for hydroxylation is 2. The average molecular weight is 725 g/mol. The first-order valence-corrected chi connectivity index (χ1v) is 15.7. The second-order valence-electron chi connectivity index (χ2n) is 11.9. The fraction of sp³-hybridized carbons (Fsp3) is 0.515. The highest BCUT2D eigenvalue weighted by atomic mass is 16.7. The molecule has 0 spiro atoms. The average Bonchev–Trinajstić information content (AvgIpc) is 3.10. The number of carboxylic acid groups (broad SMARTS) is 2. The van der Waals surface area contributed by atoms with Gasteiger partial charge in [0.05, 0.1) is 20.6 Å². The molecular weight excluding hydrogens is 684 g/mol. The molecule has 0 unspecified atom stereocenters. The van der Waals surface area contributed by atoms with Crippen molar-refractivity contribution >= 4 is 23.5 Å². The Kier molecular flexibility index (Phi) is 13.3. The van der Waals surface area contributed by atoms with Crippen LogP contribution in [-0.4, -0.2) is 140 Å². The van der Waals surface area contributed by atoms with Crippen LogP contribution in [0, 0.1) is 0 Å². The van der Waals surface area contributed by atoms with Gasteiger partial charge < -0.3 is 69.3 Å². The quantitative estimate of drug-likeness (QED) is 0.0899. The Labute approximate surface area is 290 Å². The van der Waals surface area contributed by atoms with Gasteiger partial charge in [0.2, 0.25) is 12.6 Å². The molecule has 0 bridgehead atoms. The highest BCUT2D eigenvalue weighted by Crippen LogP contribution is 2.34. The van der Waals surface area contributed by atoms with Gasteiger partial charge in [-0.25, -0.2) is 9.59 Å². The molecule has 0 radical (unpaired) electrons. The van der Waals surface area contributed by atoms with Gasteiger partial charge in [-0.05, 0) is 48.2 Å². The SMILES string of the molecule is COc1cc(CCC(=O)CC(=O)CCc2ccc(O[C@H]3O[C@H](C(=O)O)[C@@H](O)[C@H](O)[C@H]3O)c(OC)c2)ccc1O[C@@H]1O[C@@H](C(=O)O)[C@H](O)[C@@H](O)[C@@H]1O. The Bertz CT molecular complexity index is 1450. The van der Waals surface area contributed by atoms with Gasteiger partial charge in [-0.3, -0.25) is 9.59 Å². The second kappa shape index (κ2) is 17.2. The van der Waals surface area contributed by atoms with Crippen LogP contribution < -0.4 is 18.9 Å². The minimum Gasteiger partial charge on any atom is -0.493 e. The van der Waals surface area contributed by atoms with Gasteiger partial charge in [0, 0.05) is 12.8 Å². The summed E-state index contributed by atoms with van der Waals surface area (Å²) >= 11 is 0. The lowest BCUT2D eigenvalue weighted by Gasteiger charge is -2.38. The first kappa shape index (κ1) is 39.4. The molecule has 8 N–H and O–H groups in total. The predicted octanol–water partition coefficient (Wildman–Crippen LogP) is -1.66. The van der Waals surface area contributed by atoms with Crippen molar-refractivity contribution in [3.8, 4) is 23.0 Å². The van der Waals surface area contributed by atoms with E-state index >= 15 is 0 Å². The number of benzene rings is 2. The van der Waals surface area contributed by atoms with Gasteiger partial charge in [0.25, 0.3) is 0 Å². The number of hydrogen-bond acceptors (Lipinski definition) is 16. The molecule has 0 saturated carbocycles. The van der Waals surface area contributed by atoms with Gasteiger partial charge in [-0.2, -0.15) is 0 Å². The maximum Gasteiger partial charge on any atom is 0.335 e. The van der Waals surface area contributed by atoms with Crippen LogP contribution in [-0.2, 0) is 41.5 Å². The number of Topliss-reactive ketones (excluding diaryl/α,β-unsaturated/α-hetero) is 2. The number of ketones is 2. The third-order valence-electron chi connectivity index (χ3n) is 8.35. The zero-order valence-electron chi connectivity index (χ0n) is 27.4. The van der Waals surface area contributed by atoms with Gasteiger partial charge in [0.15, 0.2) is 35.2 Å². The number of rotatable bonds is 16. The summed E-state index contributed by atoms with van der Waals surface area (Å²) in [7, 11) is 2.65. The molecule has 280 valence electrons. The van der Waals surface area contributed by atoms with E-state index in [2.05, 4.69) is 0 Å². The molecule has 2 aromatic rings. The van der Waals surface area contributed by atoms with Crippen molar-refractivity contribution in [2.45, 2.75) is 93.5 Å². The highest BCUT2D eigenvalue weighted by molar-refractivity contribution is 5.99. The van der Waals surface area contributed by atoms with E-state index < -0.39 is 73.4 Å². The summed E-state index contributed by atoms with van der Waals surface area (Å²) in [6, 6.07) is 9.11. The Morgan fingerprint density at radius 2 is 0.941 bits per heavy atom. The molecule has 0 aromatic heterocycles. The normalized spacial score (nSPS) is 29.1. The van der Waals surface area contributed by atoms with Crippen LogP contribution in [0.1, 0.15) is 30.4 Å². The van der Waals surface area contributed by atoms with Crippen molar-refractivity contribution in [3.05, 3.63) is 47.5 Å². The van der Waals surface area contributed by atoms with Crippen LogP contribution in [0.5, 0.6) is 23.0 Å². The van der Waals surface area contributed by atoms with E-state index in [9.17, 15) is 60.0 Å². The molecule has 51 heavy (non-hydrogen) atoms. The number of hydrogen-bond donors (Lipinski definition) is 8. The van der Waals surface area contributed by atoms with Crippen molar-refractivity contribution in [2.24, 2.45) is 0 Å². The summed E-state index contributed by atoms with van der Waals surface area (Å²) in [5.74, 6) is -3.41. The lowest BCUT2D eigenvalue weighted by atomic mass is 9.99. The summed E-state index contributed by atoms with van der Waals surface area (Å²) in [4.78, 5) is 48.0. The smallest absolute Gasteiger partial charge is 0.335 e.